The topological polar surface area (TPSA) is 42.2 Å². The fourth-order valence-electron chi connectivity index (χ4n) is 2.58. The van der Waals surface area contributed by atoms with Crippen LogP contribution in [0.2, 0.25) is 0 Å². The van der Waals surface area contributed by atoms with E-state index in [0.717, 1.165) is 28.1 Å². The Morgan fingerprint density at radius 1 is 1.08 bits per heavy atom. The zero-order valence-corrected chi connectivity index (χ0v) is 15.2. The fraction of sp³-hybridized carbons (Fsp3) is 0.190. The van der Waals surface area contributed by atoms with Gasteiger partial charge in [0.05, 0.1) is 12.0 Å². The lowest BCUT2D eigenvalue weighted by atomic mass is 10.1. The fourth-order valence-corrected chi connectivity index (χ4v) is 3.64. The van der Waals surface area contributed by atoms with Crippen LogP contribution in [-0.2, 0) is 10.5 Å². The normalized spacial score (nSPS) is 11.9. The maximum atomic E-state index is 13.0. The lowest BCUT2D eigenvalue weighted by Gasteiger charge is -2.18. The molecule has 25 heavy (non-hydrogen) atoms. The number of carbonyl (C=O) groups is 1. The van der Waals surface area contributed by atoms with E-state index in [2.05, 4.69) is 5.32 Å². The van der Waals surface area contributed by atoms with Gasteiger partial charge >= 0.3 is 0 Å². The largest absolute Gasteiger partial charge is 0.468 e. The van der Waals surface area contributed by atoms with Crippen LogP contribution in [-0.4, -0.2) is 5.91 Å². The number of thioether (sulfide) groups is 1. The molecule has 1 N–H and O–H groups in total. The second-order valence-corrected chi connectivity index (χ2v) is 7.08. The summed E-state index contributed by atoms with van der Waals surface area (Å²) in [6, 6.07) is 19.7. The Kier molecular flexibility index (Phi) is 5.61. The number of benzene rings is 2. The van der Waals surface area contributed by atoms with Crippen LogP contribution in [0.25, 0.3) is 0 Å². The quantitative estimate of drug-likeness (QED) is 0.637. The molecule has 0 spiro atoms. The molecule has 3 aromatic rings. The molecule has 2 aromatic carbocycles. The first-order valence-electron chi connectivity index (χ1n) is 8.20. The first-order valence-corrected chi connectivity index (χ1v) is 9.25. The van der Waals surface area contributed by atoms with Crippen LogP contribution in [0.15, 0.2) is 71.3 Å². The third-order valence-electron chi connectivity index (χ3n) is 3.96. The Morgan fingerprint density at radius 2 is 1.88 bits per heavy atom. The average Bonchev–Trinajstić information content (AvgIpc) is 3.13. The number of hydrogen-bond donors (Lipinski definition) is 1. The zero-order valence-electron chi connectivity index (χ0n) is 14.4. The molecule has 1 amide bonds. The maximum absolute atomic E-state index is 13.0. The molecule has 0 fully saturated rings. The third kappa shape index (κ3) is 4.54. The molecule has 3 rings (SSSR count). The Labute approximate surface area is 152 Å². The second-order valence-electron chi connectivity index (χ2n) is 5.99. The van der Waals surface area contributed by atoms with Gasteiger partial charge in [-0.2, -0.15) is 0 Å². The van der Waals surface area contributed by atoms with Gasteiger partial charge in [-0.1, -0.05) is 42.5 Å². The van der Waals surface area contributed by atoms with Crippen LogP contribution in [0.4, 0.5) is 5.69 Å². The van der Waals surface area contributed by atoms with E-state index in [9.17, 15) is 4.79 Å². The number of aryl methyl sites for hydroxylation is 2. The minimum atomic E-state index is -0.300. The van der Waals surface area contributed by atoms with Crippen molar-refractivity contribution in [3.8, 4) is 0 Å². The first kappa shape index (κ1) is 17.4. The van der Waals surface area contributed by atoms with Crippen molar-refractivity contribution in [2.75, 3.05) is 5.32 Å². The molecular weight excluding hydrogens is 330 g/mol. The SMILES string of the molecule is Cc1ccc(C)c(NC(=O)[C@@H](SCc2ccco2)c2ccccc2)c1. The molecule has 0 aliphatic rings. The Hall–Kier alpha value is -2.46. The molecule has 1 atom stereocenters. The van der Waals surface area contributed by atoms with E-state index < -0.39 is 0 Å². The molecular formula is C21H21NO2S. The van der Waals surface area contributed by atoms with Crippen LogP contribution in [0, 0.1) is 13.8 Å². The van der Waals surface area contributed by atoms with Gasteiger partial charge in [0, 0.05) is 5.69 Å². The Morgan fingerprint density at radius 3 is 2.60 bits per heavy atom. The molecule has 0 aliphatic carbocycles. The van der Waals surface area contributed by atoms with Crippen molar-refractivity contribution in [3.63, 3.8) is 0 Å². The van der Waals surface area contributed by atoms with Gasteiger partial charge < -0.3 is 9.73 Å². The van der Waals surface area contributed by atoms with Crippen LogP contribution < -0.4 is 5.32 Å². The van der Waals surface area contributed by atoms with Crippen LogP contribution in [0.3, 0.4) is 0 Å². The summed E-state index contributed by atoms with van der Waals surface area (Å²) in [7, 11) is 0. The summed E-state index contributed by atoms with van der Waals surface area (Å²) in [5.74, 6) is 1.49. The summed E-state index contributed by atoms with van der Waals surface area (Å²) in [4.78, 5) is 13.0. The highest BCUT2D eigenvalue weighted by atomic mass is 32.2. The van der Waals surface area contributed by atoms with Crippen molar-refractivity contribution >= 4 is 23.4 Å². The van der Waals surface area contributed by atoms with Gasteiger partial charge in [-0.15, -0.1) is 11.8 Å². The van der Waals surface area contributed by atoms with E-state index in [1.807, 2.05) is 74.5 Å². The second kappa shape index (κ2) is 8.08. The van der Waals surface area contributed by atoms with E-state index in [1.165, 1.54) is 0 Å². The molecule has 0 saturated heterocycles. The maximum Gasteiger partial charge on any atom is 0.242 e. The molecule has 0 unspecified atom stereocenters. The molecule has 0 aliphatic heterocycles. The highest BCUT2D eigenvalue weighted by molar-refractivity contribution is 7.99. The van der Waals surface area contributed by atoms with Gasteiger partial charge in [0.15, 0.2) is 0 Å². The molecule has 4 heteroatoms. The molecule has 0 radical (unpaired) electrons. The number of amides is 1. The lowest BCUT2D eigenvalue weighted by molar-refractivity contribution is -0.115. The molecule has 0 bridgehead atoms. The van der Waals surface area contributed by atoms with Crippen LogP contribution in [0.5, 0.6) is 0 Å². The zero-order chi connectivity index (χ0) is 17.6. The molecule has 0 saturated carbocycles. The molecule has 1 aromatic heterocycles. The Balaban J connectivity index is 1.80. The predicted octanol–water partition coefficient (Wildman–Crippen LogP) is 5.51. The van der Waals surface area contributed by atoms with E-state index in [0.29, 0.717) is 5.75 Å². The summed E-state index contributed by atoms with van der Waals surface area (Å²) in [5.41, 5.74) is 4.04. The van der Waals surface area contributed by atoms with Gasteiger partial charge in [0.1, 0.15) is 11.0 Å². The van der Waals surface area contributed by atoms with Gasteiger partial charge in [-0.05, 0) is 48.7 Å². The van der Waals surface area contributed by atoms with Gasteiger partial charge in [0.2, 0.25) is 5.91 Å². The number of carbonyl (C=O) groups excluding carboxylic acids is 1. The summed E-state index contributed by atoms with van der Waals surface area (Å²) >= 11 is 1.56. The first-order chi connectivity index (χ1) is 12.1. The van der Waals surface area contributed by atoms with E-state index >= 15 is 0 Å². The minimum absolute atomic E-state index is 0.0172. The van der Waals surface area contributed by atoms with E-state index in [4.69, 9.17) is 4.42 Å². The number of rotatable bonds is 6. The predicted molar refractivity (Wildman–Crippen MR) is 104 cm³/mol. The van der Waals surface area contributed by atoms with Crippen molar-refractivity contribution in [3.05, 3.63) is 89.4 Å². The van der Waals surface area contributed by atoms with E-state index in [1.54, 1.807) is 18.0 Å². The number of furan rings is 1. The molecule has 1 heterocycles. The highest BCUT2D eigenvalue weighted by Gasteiger charge is 2.22. The monoisotopic (exact) mass is 351 g/mol. The number of nitrogens with one attached hydrogen (secondary N) is 1. The van der Waals surface area contributed by atoms with Crippen LogP contribution >= 0.6 is 11.8 Å². The van der Waals surface area contributed by atoms with Crippen molar-refractivity contribution in [2.45, 2.75) is 24.9 Å². The van der Waals surface area contributed by atoms with Crippen molar-refractivity contribution in [2.24, 2.45) is 0 Å². The smallest absolute Gasteiger partial charge is 0.242 e. The molecule has 3 nitrogen and oxygen atoms in total. The number of hydrogen-bond acceptors (Lipinski definition) is 3. The van der Waals surface area contributed by atoms with Crippen molar-refractivity contribution in [1.82, 2.24) is 0 Å². The van der Waals surface area contributed by atoms with Crippen LogP contribution in [0.1, 0.15) is 27.7 Å². The summed E-state index contributed by atoms with van der Waals surface area (Å²) in [5, 5.41) is 2.79. The van der Waals surface area contributed by atoms with Crippen molar-refractivity contribution in [1.29, 1.82) is 0 Å². The summed E-state index contributed by atoms with van der Waals surface area (Å²) < 4.78 is 5.40. The minimum Gasteiger partial charge on any atom is -0.468 e. The van der Waals surface area contributed by atoms with E-state index in [-0.39, 0.29) is 11.2 Å². The summed E-state index contributed by atoms with van der Waals surface area (Å²) in [6.07, 6.45) is 1.66. The molecule has 128 valence electrons. The Bertz CT molecular complexity index is 828. The summed E-state index contributed by atoms with van der Waals surface area (Å²) in [6.45, 7) is 4.03. The average molecular weight is 351 g/mol. The standard InChI is InChI=1S/C21H21NO2S/c1-15-10-11-16(2)19(13-15)22-21(23)20(17-7-4-3-5-8-17)25-14-18-9-6-12-24-18/h3-13,20H,14H2,1-2H3,(H,22,23)/t20-/m0/s1. The van der Waals surface area contributed by atoms with Gasteiger partial charge in [0.25, 0.3) is 0 Å². The van der Waals surface area contributed by atoms with Gasteiger partial charge in [-0.25, -0.2) is 0 Å². The highest BCUT2D eigenvalue weighted by Crippen LogP contribution is 2.33. The van der Waals surface area contributed by atoms with Crippen molar-refractivity contribution < 1.29 is 9.21 Å². The number of anilines is 1. The lowest BCUT2D eigenvalue weighted by Crippen LogP contribution is -2.19. The van der Waals surface area contributed by atoms with Gasteiger partial charge in [-0.3, -0.25) is 4.79 Å². The third-order valence-corrected chi connectivity index (χ3v) is 5.23.